The SMILES string of the molecule is C[C@@]12CCO[C@@H]1OC[C@@H]2O. The Morgan fingerprint density at radius 1 is 1.50 bits per heavy atom. The second-order valence-electron chi connectivity index (χ2n) is 3.31. The number of ether oxygens (including phenoxy) is 2. The maximum atomic E-state index is 9.45. The Labute approximate surface area is 59.9 Å². The van der Waals surface area contributed by atoms with Crippen LogP contribution in [0.5, 0.6) is 0 Å². The van der Waals surface area contributed by atoms with Crippen LogP contribution in [0, 0.1) is 5.41 Å². The predicted molar refractivity (Wildman–Crippen MR) is 34.4 cm³/mol. The van der Waals surface area contributed by atoms with Crippen LogP contribution in [0.2, 0.25) is 0 Å². The van der Waals surface area contributed by atoms with E-state index < -0.39 is 0 Å². The van der Waals surface area contributed by atoms with Crippen LogP contribution in [-0.2, 0) is 9.47 Å². The number of aliphatic hydroxyl groups is 1. The van der Waals surface area contributed by atoms with Gasteiger partial charge in [-0.3, -0.25) is 0 Å². The van der Waals surface area contributed by atoms with Crippen molar-refractivity contribution in [2.75, 3.05) is 13.2 Å². The lowest BCUT2D eigenvalue weighted by atomic mass is 9.84. The maximum Gasteiger partial charge on any atom is 0.165 e. The summed E-state index contributed by atoms with van der Waals surface area (Å²) in [5.41, 5.74) is -0.125. The first kappa shape index (κ1) is 6.58. The molecule has 0 aromatic heterocycles. The zero-order valence-corrected chi connectivity index (χ0v) is 6.04. The topological polar surface area (TPSA) is 38.7 Å². The highest BCUT2D eigenvalue weighted by atomic mass is 16.7. The molecule has 0 bridgehead atoms. The molecule has 0 saturated carbocycles. The van der Waals surface area contributed by atoms with E-state index >= 15 is 0 Å². The van der Waals surface area contributed by atoms with Gasteiger partial charge < -0.3 is 14.6 Å². The van der Waals surface area contributed by atoms with E-state index in [2.05, 4.69) is 0 Å². The number of hydrogen-bond donors (Lipinski definition) is 1. The molecule has 3 atom stereocenters. The van der Waals surface area contributed by atoms with Gasteiger partial charge in [-0.2, -0.15) is 0 Å². The van der Waals surface area contributed by atoms with Gasteiger partial charge in [-0.05, 0) is 6.42 Å². The Morgan fingerprint density at radius 3 is 3.00 bits per heavy atom. The fourth-order valence-electron chi connectivity index (χ4n) is 1.63. The molecule has 2 aliphatic heterocycles. The molecule has 1 N–H and O–H groups in total. The third-order valence-corrected chi connectivity index (χ3v) is 2.62. The summed E-state index contributed by atoms with van der Waals surface area (Å²) in [5, 5.41) is 9.45. The van der Waals surface area contributed by atoms with Crippen LogP contribution in [0.25, 0.3) is 0 Å². The number of fused-ring (bicyclic) bond motifs is 1. The second-order valence-corrected chi connectivity index (χ2v) is 3.31. The van der Waals surface area contributed by atoms with Crippen LogP contribution >= 0.6 is 0 Å². The summed E-state index contributed by atoms with van der Waals surface area (Å²) < 4.78 is 10.5. The lowest BCUT2D eigenvalue weighted by Gasteiger charge is -2.22. The van der Waals surface area contributed by atoms with E-state index in [0.717, 1.165) is 13.0 Å². The van der Waals surface area contributed by atoms with Gasteiger partial charge in [0.2, 0.25) is 0 Å². The Morgan fingerprint density at radius 2 is 2.30 bits per heavy atom. The normalized spacial score (nSPS) is 53.4. The van der Waals surface area contributed by atoms with Gasteiger partial charge in [-0.15, -0.1) is 0 Å². The molecule has 0 aromatic carbocycles. The van der Waals surface area contributed by atoms with E-state index in [4.69, 9.17) is 9.47 Å². The zero-order chi connectivity index (χ0) is 7.19. The van der Waals surface area contributed by atoms with E-state index in [1.807, 2.05) is 6.92 Å². The summed E-state index contributed by atoms with van der Waals surface area (Å²) in [6.45, 7) is 3.17. The van der Waals surface area contributed by atoms with Crippen LogP contribution < -0.4 is 0 Å². The summed E-state index contributed by atoms with van der Waals surface area (Å²) in [5.74, 6) is 0. The predicted octanol–water partition coefficient (Wildman–Crippen LogP) is 0.130. The fraction of sp³-hybridized carbons (Fsp3) is 1.00. The molecule has 0 aromatic rings. The van der Waals surface area contributed by atoms with Crippen molar-refractivity contribution in [1.29, 1.82) is 0 Å². The first-order valence-corrected chi connectivity index (χ1v) is 3.65. The first-order chi connectivity index (χ1) is 4.73. The molecule has 3 heteroatoms. The van der Waals surface area contributed by atoms with E-state index in [0.29, 0.717) is 6.61 Å². The minimum absolute atomic E-state index is 0.125. The van der Waals surface area contributed by atoms with E-state index in [1.165, 1.54) is 0 Å². The first-order valence-electron chi connectivity index (χ1n) is 3.65. The molecule has 0 aliphatic carbocycles. The average Bonchev–Trinajstić information content (AvgIpc) is 2.36. The molecular weight excluding hydrogens is 132 g/mol. The molecule has 2 aliphatic rings. The van der Waals surface area contributed by atoms with Crippen molar-refractivity contribution >= 4 is 0 Å². The third kappa shape index (κ3) is 0.654. The van der Waals surface area contributed by atoms with E-state index in [-0.39, 0.29) is 17.8 Å². The number of aliphatic hydroxyl groups excluding tert-OH is 1. The zero-order valence-electron chi connectivity index (χ0n) is 6.04. The van der Waals surface area contributed by atoms with Gasteiger partial charge in [0.15, 0.2) is 6.29 Å². The van der Waals surface area contributed by atoms with Gasteiger partial charge in [0.05, 0.1) is 19.3 Å². The van der Waals surface area contributed by atoms with Crippen molar-refractivity contribution in [3.05, 3.63) is 0 Å². The maximum absolute atomic E-state index is 9.45. The highest BCUT2D eigenvalue weighted by molar-refractivity contribution is 4.93. The Kier molecular flexibility index (Phi) is 1.27. The van der Waals surface area contributed by atoms with Crippen molar-refractivity contribution in [2.24, 2.45) is 5.41 Å². The van der Waals surface area contributed by atoms with Crippen LogP contribution in [-0.4, -0.2) is 30.7 Å². The fourth-order valence-corrected chi connectivity index (χ4v) is 1.63. The minimum atomic E-state index is -0.333. The molecule has 3 nitrogen and oxygen atoms in total. The quantitative estimate of drug-likeness (QED) is 0.525. The molecule has 2 fully saturated rings. The van der Waals surface area contributed by atoms with Gasteiger partial charge >= 0.3 is 0 Å². The largest absolute Gasteiger partial charge is 0.390 e. The number of rotatable bonds is 0. The van der Waals surface area contributed by atoms with Crippen molar-refractivity contribution in [3.63, 3.8) is 0 Å². The average molecular weight is 144 g/mol. The molecule has 2 saturated heterocycles. The highest BCUT2D eigenvalue weighted by Crippen LogP contribution is 2.42. The number of hydrogen-bond acceptors (Lipinski definition) is 3. The van der Waals surface area contributed by atoms with E-state index in [1.54, 1.807) is 0 Å². The van der Waals surface area contributed by atoms with Gasteiger partial charge in [0, 0.05) is 5.41 Å². The molecule has 2 rings (SSSR count). The monoisotopic (exact) mass is 144 g/mol. The third-order valence-electron chi connectivity index (χ3n) is 2.62. The molecule has 2 heterocycles. The lowest BCUT2D eigenvalue weighted by Crippen LogP contribution is -2.32. The van der Waals surface area contributed by atoms with Gasteiger partial charge in [0.25, 0.3) is 0 Å². The van der Waals surface area contributed by atoms with Crippen LogP contribution in [0.4, 0.5) is 0 Å². The van der Waals surface area contributed by atoms with Crippen LogP contribution in [0.3, 0.4) is 0 Å². The van der Waals surface area contributed by atoms with Crippen molar-refractivity contribution in [1.82, 2.24) is 0 Å². The summed E-state index contributed by atoms with van der Waals surface area (Å²) in [6.07, 6.45) is 0.432. The van der Waals surface area contributed by atoms with Gasteiger partial charge in [-0.1, -0.05) is 6.92 Å². The molecule has 10 heavy (non-hydrogen) atoms. The van der Waals surface area contributed by atoms with Crippen molar-refractivity contribution in [3.8, 4) is 0 Å². The van der Waals surface area contributed by atoms with Gasteiger partial charge in [0.1, 0.15) is 0 Å². The standard InChI is InChI=1S/C7H12O3/c1-7-2-3-9-6(7)10-4-5(7)8/h5-6,8H,2-4H2,1H3/t5-,6+,7-/m0/s1. The van der Waals surface area contributed by atoms with Crippen molar-refractivity contribution in [2.45, 2.75) is 25.7 Å². The molecular formula is C7H12O3. The summed E-state index contributed by atoms with van der Waals surface area (Å²) in [4.78, 5) is 0. The van der Waals surface area contributed by atoms with Crippen LogP contribution in [0.15, 0.2) is 0 Å². The highest BCUT2D eigenvalue weighted by Gasteiger charge is 2.51. The Balaban J connectivity index is 2.21. The second kappa shape index (κ2) is 1.94. The van der Waals surface area contributed by atoms with Crippen molar-refractivity contribution < 1.29 is 14.6 Å². The molecule has 0 radical (unpaired) electrons. The molecule has 0 amide bonds. The molecule has 0 unspecified atom stereocenters. The molecule has 0 spiro atoms. The van der Waals surface area contributed by atoms with E-state index in [9.17, 15) is 5.11 Å². The van der Waals surface area contributed by atoms with Crippen LogP contribution in [0.1, 0.15) is 13.3 Å². The van der Waals surface area contributed by atoms with Gasteiger partial charge in [-0.25, -0.2) is 0 Å². The summed E-state index contributed by atoms with van der Waals surface area (Å²) in [7, 11) is 0. The summed E-state index contributed by atoms with van der Waals surface area (Å²) >= 11 is 0. The Bertz CT molecular complexity index is 148. The lowest BCUT2D eigenvalue weighted by molar-refractivity contribution is -0.108. The minimum Gasteiger partial charge on any atom is -0.390 e. The Hall–Kier alpha value is -0.120. The molecule has 58 valence electrons. The smallest absolute Gasteiger partial charge is 0.165 e. The summed E-state index contributed by atoms with van der Waals surface area (Å²) in [6, 6.07) is 0.